The zero-order chi connectivity index (χ0) is 14.5. The van der Waals surface area contributed by atoms with Crippen LogP contribution in [0.4, 0.5) is 0 Å². The van der Waals surface area contributed by atoms with E-state index in [0.29, 0.717) is 6.04 Å². The molecule has 1 N–H and O–H groups in total. The highest BCUT2D eigenvalue weighted by Crippen LogP contribution is 2.34. The van der Waals surface area contributed by atoms with Gasteiger partial charge < -0.3 is 5.32 Å². The van der Waals surface area contributed by atoms with E-state index in [1.165, 1.54) is 33.9 Å². The van der Waals surface area contributed by atoms with Gasteiger partial charge in [-0.1, -0.05) is 27.2 Å². The number of thiophene rings is 1. The molecule has 0 radical (unpaired) electrons. The van der Waals surface area contributed by atoms with Crippen LogP contribution in [0.2, 0.25) is 0 Å². The molecule has 0 bridgehead atoms. The van der Waals surface area contributed by atoms with Crippen molar-refractivity contribution in [2.45, 2.75) is 46.1 Å². The molecular formula is C16H25N3S. The molecule has 2 aromatic heterocycles. The lowest BCUT2D eigenvalue weighted by atomic mass is 10.1. The van der Waals surface area contributed by atoms with Gasteiger partial charge in [-0.05, 0) is 31.5 Å². The van der Waals surface area contributed by atoms with E-state index in [-0.39, 0.29) is 0 Å². The summed E-state index contributed by atoms with van der Waals surface area (Å²) < 4.78 is 1.92. The average molecular weight is 291 g/mol. The molecule has 0 amide bonds. The molecule has 2 heterocycles. The SMILES string of the molecule is CCCC(NCC)c1ccc(-c2cn(C)nc2CC)s1. The Labute approximate surface area is 126 Å². The van der Waals surface area contributed by atoms with E-state index in [1.54, 1.807) is 0 Å². The molecule has 2 aromatic rings. The summed E-state index contributed by atoms with van der Waals surface area (Å²) in [4.78, 5) is 2.78. The molecule has 1 atom stereocenters. The smallest absolute Gasteiger partial charge is 0.0708 e. The highest BCUT2D eigenvalue weighted by atomic mass is 32.1. The molecule has 2 rings (SSSR count). The fraction of sp³-hybridized carbons (Fsp3) is 0.562. The second-order valence-electron chi connectivity index (χ2n) is 5.12. The summed E-state index contributed by atoms with van der Waals surface area (Å²) in [6.45, 7) is 7.60. The molecule has 0 aliphatic carbocycles. The van der Waals surface area contributed by atoms with Crippen molar-refractivity contribution in [3.8, 4) is 10.4 Å². The number of aryl methyl sites for hydroxylation is 2. The number of nitrogens with zero attached hydrogens (tertiary/aromatic N) is 2. The molecule has 3 nitrogen and oxygen atoms in total. The van der Waals surface area contributed by atoms with Gasteiger partial charge in [-0.3, -0.25) is 4.68 Å². The molecule has 0 saturated heterocycles. The van der Waals surface area contributed by atoms with Crippen LogP contribution in [0.1, 0.15) is 50.2 Å². The van der Waals surface area contributed by atoms with Crippen molar-refractivity contribution in [2.24, 2.45) is 7.05 Å². The van der Waals surface area contributed by atoms with Gasteiger partial charge in [-0.15, -0.1) is 11.3 Å². The lowest BCUT2D eigenvalue weighted by molar-refractivity contribution is 0.516. The number of nitrogens with one attached hydrogen (secondary N) is 1. The molecule has 0 aromatic carbocycles. The summed E-state index contributed by atoms with van der Waals surface area (Å²) in [5, 5.41) is 8.13. The molecular weight excluding hydrogens is 266 g/mol. The fourth-order valence-electron chi connectivity index (χ4n) is 2.57. The second-order valence-corrected chi connectivity index (χ2v) is 6.23. The highest BCUT2D eigenvalue weighted by Gasteiger charge is 2.15. The lowest BCUT2D eigenvalue weighted by Gasteiger charge is -2.14. The van der Waals surface area contributed by atoms with E-state index < -0.39 is 0 Å². The lowest BCUT2D eigenvalue weighted by Crippen LogP contribution is -2.19. The van der Waals surface area contributed by atoms with Gasteiger partial charge in [0.25, 0.3) is 0 Å². The highest BCUT2D eigenvalue weighted by molar-refractivity contribution is 7.15. The average Bonchev–Trinajstić information content (AvgIpc) is 3.04. The standard InChI is InChI=1S/C16H25N3S/c1-5-8-14(17-7-3)16-10-9-15(20-16)12-11-19(4)18-13(12)6-2/h9-11,14,17H,5-8H2,1-4H3. The Balaban J connectivity index is 2.27. The van der Waals surface area contributed by atoms with Gasteiger partial charge in [0, 0.05) is 34.6 Å². The minimum Gasteiger partial charge on any atom is -0.310 e. The maximum absolute atomic E-state index is 4.54. The molecule has 1 unspecified atom stereocenters. The Kier molecular flexibility index (Phi) is 5.38. The minimum atomic E-state index is 0.491. The number of hydrogen-bond acceptors (Lipinski definition) is 3. The minimum absolute atomic E-state index is 0.491. The van der Waals surface area contributed by atoms with E-state index in [1.807, 2.05) is 23.1 Å². The monoisotopic (exact) mass is 291 g/mol. The third-order valence-electron chi connectivity index (χ3n) is 3.50. The molecule has 0 saturated carbocycles. The topological polar surface area (TPSA) is 29.9 Å². The second kappa shape index (κ2) is 7.04. The number of rotatable bonds is 7. The van der Waals surface area contributed by atoms with Crippen LogP contribution < -0.4 is 5.32 Å². The van der Waals surface area contributed by atoms with Gasteiger partial charge in [0.05, 0.1) is 5.69 Å². The summed E-state index contributed by atoms with van der Waals surface area (Å²) in [5.74, 6) is 0. The first-order valence-electron chi connectivity index (χ1n) is 7.55. The Morgan fingerprint density at radius 1 is 1.30 bits per heavy atom. The molecule has 0 aliphatic rings. The predicted molar refractivity (Wildman–Crippen MR) is 87.2 cm³/mol. The van der Waals surface area contributed by atoms with Crippen LogP contribution in [-0.4, -0.2) is 16.3 Å². The van der Waals surface area contributed by atoms with Crippen molar-refractivity contribution in [2.75, 3.05) is 6.54 Å². The first kappa shape index (κ1) is 15.3. The molecule has 4 heteroatoms. The van der Waals surface area contributed by atoms with Crippen LogP contribution in [0.15, 0.2) is 18.3 Å². The van der Waals surface area contributed by atoms with Crippen LogP contribution in [0.25, 0.3) is 10.4 Å². The summed E-state index contributed by atoms with van der Waals surface area (Å²) >= 11 is 1.90. The van der Waals surface area contributed by atoms with E-state index in [0.717, 1.165) is 13.0 Å². The van der Waals surface area contributed by atoms with Crippen molar-refractivity contribution in [3.63, 3.8) is 0 Å². The summed E-state index contributed by atoms with van der Waals surface area (Å²) in [7, 11) is 2.00. The first-order chi connectivity index (χ1) is 9.69. The summed E-state index contributed by atoms with van der Waals surface area (Å²) in [6.07, 6.45) is 5.52. The zero-order valence-electron chi connectivity index (χ0n) is 12.9. The third-order valence-corrected chi connectivity index (χ3v) is 4.74. The molecule has 110 valence electrons. The number of hydrogen-bond donors (Lipinski definition) is 1. The van der Waals surface area contributed by atoms with Crippen LogP contribution in [0, 0.1) is 0 Å². The maximum atomic E-state index is 4.54. The first-order valence-corrected chi connectivity index (χ1v) is 8.37. The van der Waals surface area contributed by atoms with E-state index in [9.17, 15) is 0 Å². The van der Waals surface area contributed by atoms with Gasteiger partial charge >= 0.3 is 0 Å². The maximum Gasteiger partial charge on any atom is 0.0708 e. The van der Waals surface area contributed by atoms with Crippen LogP contribution in [-0.2, 0) is 13.5 Å². The Bertz CT molecular complexity index is 536. The molecule has 0 aliphatic heterocycles. The zero-order valence-corrected chi connectivity index (χ0v) is 13.8. The van der Waals surface area contributed by atoms with E-state index in [4.69, 9.17) is 0 Å². The van der Waals surface area contributed by atoms with Gasteiger partial charge in [0.2, 0.25) is 0 Å². The van der Waals surface area contributed by atoms with Gasteiger partial charge in [-0.2, -0.15) is 5.10 Å². The van der Waals surface area contributed by atoms with Gasteiger partial charge in [-0.25, -0.2) is 0 Å². The fourth-order valence-corrected chi connectivity index (χ4v) is 3.72. The Morgan fingerprint density at radius 2 is 2.10 bits per heavy atom. The van der Waals surface area contributed by atoms with Gasteiger partial charge in [0.15, 0.2) is 0 Å². The van der Waals surface area contributed by atoms with E-state index >= 15 is 0 Å². The van der Waals surface area contributed by atoms with Crippen molar-refractivity contribution in [1.29, 1.82) is 0 Å². The van der Waals surface area contributed by atoms with Crippen molar-refractivity contribution in [3.05, 3.63) is 28.9 Å². The Hall–Kier alpha value is -1.13. The Morgan fingerprint density at radius 3 is 2.75 bits per heavy atom. The van der Waals surface area contributed by atoms with Gasteiger partial charge in [0.1, 0.15) is 0 Å². The van der Waals surface area contributed by atoms with Crippen LogP contribution in [0.5, 0.6) is 0 Å². The van der Waals surface area contributed by atoms with E-state index in [2.05, 4.69) is 49.5 Å². The third kappa shape index (κ3) is 3.30. The largest absolute Gasteiger partial charge is 0.310 e. The molecule has 0 spiro atoms. The summed E-state index contributed by atoms with van der Waals surface area (Å²) in [6, 6.07) is 5.01. The number of aromatic nitrogens is 2. The quantitative estimate of drug-likeness (QED) is 0.830. The van der Waals surface area contributed by atoms with Crippen molar-refractivity contribution in [1.82, 2.24) is 15.1 Å². The predicted octanol–water partition coefficient (Wildman–Crippen LogP) is 4.16. The van der Waals surface area contributed by atoms with Crippen molar-refractivity contribution >= 4 is 11.3 Å². The van der Waals surface area contributed by atoms with Crippen molar-refractivity contribution < 1.29 is 0 Å². The normalized spacial score (nSPS) is 12.8. The molecule has 20 heavy (non-hydrogen) atoms. The molecule has 0 fully saturated rings. The summed E-state index contributed by atoms with van der Waals surface area (Å²) in [5.41, 5.74) is 2.48. The van der Waals surface area contributed by atoms with Crippen LogP contribution >= 0.6 is 11.3 Å². The van der Waals surface area contributed by atoms with Crippen LogP contribution in [0.3, 0.4) is 0 Å².